The molecule has 1 aromatic carbocycles. The van der Waals surface area contributed by atoms with Crippen molar-refractivity contribution in [1.82, 2.24) is 9.47 Å². The molecule has 1 amide bonds. The van der Waals surface area contributed by atoms with Crippen LogP contribution in [0.5, 0.6) is 0 Å². The molecular formula is C17H15N3O. The van der Waals surface area contributed by atoms with E-state index in [0.29, 0.717) is 12.2 Å². The number of carbonyl (C=O) groups is 1. The predicted octanol–water partition coefficient (Wildman–Crippen LogP) is 2.97. The summed E-state index contributed by atoms with van der Waals surface area (Å²) in [5.74, 6) is 0.0698. The summed E-state index contributed by atoms with van der Waals surface area (Å²) in [4.78, 5) is 18.0. The number of nitrogens with zero attached hydrogens (tertiary/aromatic N) is 3. The molecule has 0 unspecified atom stereocenters. The van der Waals surface area contributed by atoms with E-state index in [0.717, 1.165) is 24.1 Å². The Morgan fingerprint density at radius 2 is 2.14 bits per heavy atom. The van der Waals surface area contributed by atoms with Gasteiger partial charge in [0.1, 0.15) is 5.69 Å². The summed E-state index contributed by atoms with van der Waals surface area (Å²) < 4.78 is 1.97. The SMILES string of the molecule is [C-]#[N+]Cc1ccc2c(c1)-n1cccc1C(=O)N(C)C21CC1. The summed E-state index contributed by atoms with van der Waals surface area (Å²) in [7, 11) is 1.90. The summed E-state index contributed by atoms with van der Waals surface area (Å²) in [6.07, 6.45) is 3.95. The minimum atomic E-state index is -0.151. The lowest BCUT2D eigenvalue weighted by atomic mass is 9.99. The summed E-state index contributed by atoms with van der Waals surface area (Å²) in [5.41, 5.74) is 3.79. The van der Waals surface area contributed by atoms with Gasteiger partial charge < -0.3 is 14.3 Å². The fourth-order valence-electron chi connectivity index (χ4n) is 3.39. The third-order valence-electron chi connectivity index (χ3n) is 4.72. The maximum absolute atomic E-state index is 12.7. The first-order chi connectivity index (χ1) is 10.2. The smallest absolute Gasteiger partial charge is 0.271 e. The van der Waals surface area contributed by atoms with E-state index >= 15 is 0 Å². The van der Waals surface area contributed by atoms with Gasteiger partial charge in [0.2, 0.25) is 6.54 Å². The molecule has 104 valence electrons. The molecule has 1 saturated carbocycles. The van der Waals surface area contributed by atoms with Crippen molar-refractivity contribution in [2.75, 3.05) is 7.05 Å². The van der Waals surface area contributed by atoms with E-state index in [2.05, 4.69) is 17.0 Å². The molecule has 0 bridgehead atoms. The first kappa shape index (κ1) is 12.2. The molecule has 1 aromatic heterocycles. The number of carbonyl (C=O) groups excluding carboxylic acids is 1. The fraction of sp³-hybridized carbons (Fsp3) is 0.294. The van der Waals surface area contributed by atoms with E-state index in [9.17, 15) is 4.79 Å². The van der Waals surface area contributed by atoms with Gasteiger partial charge in [-0.1, -0.05) is 12.1 Å². The molecule has 4 rings (SSSR count). The van der Waals surface area contributed by atoms with Crippen LogP contribution in [0.25, 0.3) is 10.5 Å². The van der Waals surface area contributed by atoms with Gasteiger partial charge in [0.25, 0.3) is 5.91 Å². The van der Waals surface area contributed by atoms with Gasteiger partial charge in [0, 0.05) is 24.4 Å². The number of hydrogen-bond donors (Lipinski definition) is 0. The Kier molecular flexibility index (Phi) is 2.32. The van der Waals surface area contributed by atoms with Crippen molar-refractivity contribution in [3.05, 3.63) is 64.8 Å². The minimum absolute atomic E-state index is 0.0698. The van der Waals surface area contributed by atoms with Crippen molar-refractivity contribution in [2.45, 2.75) is 24.9 Å². The van der Waals surface area contributed by atoms with Gasteiger partial charge in [-0.15, -0.1) is 0 Å². The summed E-state index contributed by atoms with van der Waals surface area (Å²) in [5, 5.41) is 0. The molecule has 0 radical (unpaired) electrons. The number of hydrogen-bond acceptors (Lipinski definition) is 1. The topological polar surface area (TPSA) is 29.6 Å². The van der Waals surface area contributed by atoms with Gasteiger partial charge in [0.15, 0.2) is 0 Å². The normalized spacial score (nSPS) is 17.9. The summed E-state index contributed by atoms with van der Waals surface area (Å²) in [6, 6.07) is 9.94. The predicted molar refractivity (Wildman–Crippen MR) is 79.1 cm³/mol. The number of aromatic nitrogens is 1. The lowest BCUT2D eigenvalue weighted by Gasteiger charge is -2.27. The second-order valence-electron chi connectivity index (χ2n) is 5.83. The van der Waals surface area contributed by atoms with Crippen LogP contribution in [0.1, 0.15) is 34.5 Å². The van der Waals surface area contributed by atoms with Crippen molar-refractivity contribution in [1.29, 1.82) is 0 Å². The first-order valence-electron chi connectivity index (χ1n) is 7.10. The molecular weight excluding hydrogens is 262 g/mol. The molecule has 0 saturated heterocycles. The maximum atomic E-state index is 12.7. The largest absolute Gasteiger partial charge is 0.331 e. The van der Waals surface area contributed by atoms with E-state index in [-0.39, 0.29) is 11.4 Å². The average Bonchev–Trinajstić information content (AvgIpc) is 3.16. The zero-order valence-electron chi connectivity index (χ0n) is 11.8. The Morgan fingerprint density at radius 3 is 2.86 bits per heavy atom. The third-order valence-corrected chi connectivity index (χ3v) is 4.72. The highest BCUT2D eigenvalue weighted by Gasteiger charge is 2.53. The second kappa shape index (κ2) is 3.98. The molecule has 2 aromatic rings. The molecule has 1 aliphatic heterocycles. The Balaban J connectivity index is 2.01. The lowest BCUT2D eigenvalue weighted by Crippen LogP contribution is -2.36. The maximum Gasteiger partial charge on any atom is 0.271 e. The standard InChI is InChI=1S/C17H15N3O/c1-18-11-12-5-6-13-15(10-12)20-9-3-4-14(20)16(21)19(2)17(13)7-8-17/h3-6,9-10H,7-8,11H2,2H3. The molecule has 0 atom stereocenters. The fourth-order valence-corrected chi connectivity index (χ4v) is 3.39. The summed E-state index contributed by atoms with van der Waals surface area (Å²) >= 11 is 0. The zero-order valence-corrected chi connectivity index (χ0v) is 11.8. The third kappa shape index (κ3) is 1.52. The van der Waals surface area contributed by atoms with E-state index in [1.807, 2.05) is 40.9 Å². The van der Waals surface area contributed by atoms with Crippen LogP contribution in [0.4, 0.5) is 0 Å². The van der Waals surface area contributed by atoms with Crippen molar-refractivity contribution in [3.63, 3.8) is 0 Å². The van der Waals surface area contributed by atoms with Crippen molar-refractivity contribution >= 4 is 5.91 Å². The van der Waals surface area contributed by atoms with Crippen LogP contribution in [-0.4, -0.2) is 22.4 Å². The van der Waals surface area contributed by atoms with Gasteiger partial charge in [-0.2, -0.15) is 0 Å². The molecule has 1 spiro atoms. The number of benzene rings is 1. The average molecular weight is 277 g/mol. The number of fused-ring (bicyclic) bond motifs is 4. The van der Waals surface area contributed by atoms with Crippen molar-refractivity contribution in [3.8, 4) is 5.69 Å². The van der Waals surface area contributed by atoms with E-state index in [4.69, 9.17) is 6.57 Å². The Morgan fingerprint density at radius 1 is 1.33 bits per heavy atom. The molecule has 2 aliphatic rings. The van der Waals surface area contributed by atoms with Gasteiger partial charge in [-0.05, 0) is 31.0 Å². The molecule has 21 heavy (non-hydrogen) atoms. The van der Waals surface area contributed by atoms with Gasteiger partial charge in [-0.3, -0.25) is 4.79 Å². The molecule has 1 aliphatic carbocycles. The van der Waals surface area contributed by atoms with E-state index in [1.165, 1.54) is 5.56 Å². The molecule has 4 heteroatoms. The number of amides is 1. The Labute approximate surface area is 123 Å². The Hall–Kier alpha value is -2.54. The minimum Gasteiger partial charge on any atom is -0.331 e. The van der Waals surface area contributed by atoms with Crippen LogP contribution in [0.3, 0.4) is 0 Å². The first-order valence-corrected chi connectivity index (χ1v) is 7.10. The Bertz CT molecular complexity index is 793. The quantitative estimate of drug-likeness (QED) is 0.737. The van der Waals surface area contributed by atoms with Crippen LogP contribution in [0.15, 0.2) is 36.5 Å². The summed E-state index contributed by atoms with van der Waals surface area (Å²) in [6.45, 7) is 7.42. The lowest BCUT2D eigenvalue weighted by molar-refractivity contribution is 0.0705. The molecule has 4 nitrogen and oxygen atoms in total. The van der Waals surface area contributed by atoms with E-state index < -0.39 is 0 Å². The molecule has 0 N–H and O–H groups in total. The van der Waals surface area contributed by atoms with Gasteiger partial charge in [-0.25, -0.2) is 6.57 Å². The van der Waals surface area contributed by atoms with Crippen LogP contribution in [0.2, 0.25) is 0 Å². The second-order valence-corrected chi connectivity index (χ2v) is 5.83. The highest BCUT2D eigenvalue weighted by atomic mass is 16.2. The highest BCUT2D eigenvalue weighted by molar-refractivity contribution is 5.95. The van der Waals surface area contributed by atoms with E-state index in [1.54, 1.807) is 0 Å². The van der Waals surface area contributed by atoms with Crippen LogP contribution in [0, 0.1) is 6.57 Å². The molecule has 1 fully saturated rings. The van der Waals surface area contributed by atoms with Crippen molar-refractivity contribution in [2.24, 2.45) is 0 Å². The zero-order chi connectivity index (χ0) is 14.6. The number of rotatable bonds is 1. The van der Waals surface area contributed by atoms with Crippen molar-refractivity contribution < 1.29 is 4.79 Å². The highest BCUT2D eigenvalue weighted by Crippen LogP contribution is 2.54. The van der Waals surface area contributed by atoms with Crippen LogP contribution >= 0.6 is 0 Å². The van der Waals surface area contributed by atoms with Gasteiger partial charge in [0.05, 0.1) is 11.2 Å². The monoisotopic (exact) mass is 277 g/mol. The molecule has 2 heterocycles. The van der Waals surface area contributed by atoms with Gasteiger partial charge >= 0.3 is 0 Å². The van der Waals surface area contributed by atoms with Crippen LogP contribution in [-0.2, 0) is 12.1 Å². The van der Waals surface area contributed by atoms with Crippen LogP contribution < -0.4 is 0 Å².